The van der Waals surface area contributed by atoms with Crippen molar-refractivity contribution in [1.29, 1.82) is 0 Å². The molecule has 0 aliphatic heterocycles. The molecule has 0 radical (unpaired) electrons. The van der Waals surface area contributed by atoms with E-state index < -0.39 is 0 Å². The summed E-state index contributed by atoms with van der Waals surface area (Å²) >= 11 is 12.3. The van der Waals surface area contributed by atoms with Crippen LogP contribution in [0.1, 0.15) is 0 Å². The van der Waals surface area contributed by atoms with Crippen molar-refractivity contribution in [2.45, 2.75) is 0 Å². The van der Waals surface area contributed by atoms with E-state index in [1.165, 1.54) is 0 Å². The molecule has 0 aliphatic carbocycles. The van der Waals surface area contributed by atoms with Gasteiger partial charge in [-0.15, -0.1) is 12.4 Å². The first-order valence-electron chi connectivity index (χ1n) is 7.88. The lowest BCUT2D eigenvalue weighted by atomic mass is 10.1. The van der Waals surface area contributed by atoms with Gasteiger partial charge >= 0.3 is 0 Å². The van der Waals surface area contributed by atoms with E-state index in [1.54, 1.807) is 36.4 Å². The molecule has 1 heterocycles. The smallest absolute Gasteiger partial charge is 0.163 e. The number of para-hydroxylation sites is 1. The number of fused-ring (bicyclic) bond motifs is 1. The van der Waals surface area contributed by atoms with Gasteiger partial charge in [-0.3, -0.25) is 0 Å². The van der Waals surface area contributed by atoms with Crippen LogP contribution in [0.3, 0.4) is 0 Å². The molecule has 136 valence electrons. The second-order valence-electron chi connectivity index (χ2n) is 5.71. The molecule has 27 heavy (non-hydrogen) atoms. The first-order valence-corrected chi connectivity index (χ1v) is 8.64. The molecule has 4 aromatic rings. The summed E-state index contributed by atoms with van der Waals surface area (Å²) in [6.45, 7) is 0. The van der Waals surface area contributed by atoms with Gasteiger partial charge in [-0.05, 0) is 42.5 Å². The first-order chi connectivity index (χ1) is 12.6. The topological polar surface area (TPSA) is 58.0 Å². The molecule has 0 bridgehead atoms. The molecular formula is C20H14Cl3N3O. The number of aromatic hydroxyl groups is 1. The molecule has 0 aliphatic rings. The van der Waals surface area contributed by atoms with E-state index in [-0.39, 0.29) is 18.2 Å². The number of nitrogens with one attached hydrogen (secondary N) is 1. The van der Waals surface area contributed by atoms with E-state index in [0.29, 0.717) is 27.3 Å². The van der Waals surface area contributed by atoms with Crippen LogP contribution in [0.15, 0.2) is 66.7 Å². The Morgan fingerprint density at radius 2 is 1.67 bits per heavy atom. The van der Waals surface area contributed by atoms with Crippen LogP contribution in [0.2, 0.25) is 10.0 Å². The molecule has 1 aromatic heterocycles. The number of benzene rings is 3. The summed E-state index contributed by atoms with van der Waals surface area (Å²) in [5.41, 5.74) is 2.20. The molecule has 0 unspecified atom stereocenters. The summed E-state index contributed by atoms with van der Waals surface area (Å²) in [5, 5.41) is 14.8. The highest BCUT2D eigenvalue weighted by molar-refractivity contribution is 6.36. The zero-order chi connectivity index (χ0) is 18.1. The van der Waals surface area contributed by atoms with E-state index in [9.17, 15) is 5.11 Å². The lowest BCUT2D eigenvalue weighted by Crippen LogP contribution is -1.99. The van der Waals surface area contributed by atoms with Crippen molar-refractivity contribution in [2.24, 2.45) is 0 Å². The van der Waals surface area contributed by atoms with Crippen LogP contribution in [0, 0.1) is 0 Å². The van der Waals surface area contributed by atoms with Crippen molar-refractivity contribution in [2.75, 3.05) is 5.32 Å². The van der Waals surface area contributed by atoms with Crippen LogP contribution >= 0.6 is 35.6 Å². The number of phenolic OH excluding ortho intramolecular Hbond substituents is 1. The highest BCUT2D eigenvalue weighted by Crippen LogP contribution is 2.32. The Morgan fingerprint density at radius 3 is 2.44 bits per heavy atom. The minimum atomic E-state index is 0. The molecule has 4 nitrogen and oxygen atoms in total. The van der Waals surface area contributed by atoms with Gasteiger partial charge < -0.3 is 10.4 Å². The van der Waals surface area contributed by atoms with Gasteiger partial charge in [0.15, 0.2) is 5.82 Å². The lowest BCUT2D eigenvalue weighted by molar-refractivity contribution is 0.475. The molecule has 0 fully saturated rings. The second-order valence-corrected chi connectivity index (χ2v) is 6.56. The van der Waals surface area contributed by atoms with Crippen molar-refractivity contribution in [1.82, 2.24) is 9.97 Å². The standard InChI is InChI=1S/C20H13Cl2N3O.ClH/c21-12-8-9-15(17(22)10-12)19-24-18-7-2-1-6-16(18)20(25-19)23-13-4-3-5-14(26)11-13;/h1-11,26H,(H,23,24,25);1H. The van der Waals surface area contributed by atoms with Crippen molar-refractivity contribution < 1.29 is 5.11 Å². The summed E-state index contributed by atoms with van der Waals surface area (Å²) in [4.78, 5) is 9.28. The molecule has 0 amide bonds. The molecular weight excluding hydrogens is 405 g/mol. The normalized spacial score (nSPS) is 10.4. The van der Waals surface area contributed by atoms with E-state index in [0.717, 1.165) is 16.6 Å². The third-order valence-corrected chi connectivity index (χ3v) is 4.43. The van der Waals surface area contributed by atoms with Gasteiger partial charge in [-0.2, -0.15) is 0 Å². The summed E-state index contributed by atoms with van der Waals surface area (Å²) < 4.78 is 0. The molecule has 4 rings (SSSR count). The number of aromatic nitrogens is 2. The zero-order valence-electron chi connectivity index (χ0n) is 13.9. The Labute approximate surface area is 172 Å². The summed E-state index contributed by atoms with van der Waals surface area (Å²) in [6.07, 6.45) is 0. The molecule has 0 atom stereocenters. The predicted molar refractivity (Wildman–Crippen MR) is 114 cm³/mol. The highest BCUT2D eigenvalue weighted by atomic mass is 35.5. The van der Waals surface area contributed by atoms with E-state index >= 15 is 0 Å². The predicted octanol–water partition coefficient (Wildman–Crippen LogP) is 6.47. The van der Waals surface area contributed by atoms with Gasteiger partial charge in [0.05, 0.1) is 10.5 Å². The van der Waals surface area contributed by atoms with E-state index in [2.05, 4.69) is 15.3 Å². The summed E-state index contributed by atoms with van der Waals surface area (Å²) in [7, 11) is 0. The first kappa shape index (κ1) is 19.2. The van der Waals surface area contributed by atoms with Crippen LogP contribution < -0.4 is 5.32 Å². The third kappa shape index (κ3) is 4.08. The maximum atomic E-state index is 9.70. The Hall–Kier alpha value is -2.53. The minimum Gasteiger partial charge on any atom is -0.508 e. The van der Waals surface area contributed by atoms with Gasteiger partial charge in [0, 0.05) is 27.7 Å². The summed E-state index contributed by atoms with van der Waals surface area (Å²) in [5.74, 6) is 1.30. The Kier molecular flexibility index (Phi) is 5.71. The zero-order valence-corrected chi connectivity index (χ0v) is 16.2. The fourth-order valence-corrected chi connectivity index (χ4v) is 3.18. The monoisotopic (exact) mass is 417 g/mol. The van der Waals surface area contributed by atoms with E-state index in [1.807, 2.05) is 30.3 Å². The van der Waals surface area contributed by atoms with Crippen molar-refractivity contribution >= 4 is 58.0 Å². The summed E-state index contributed by atoms with van der Waals surface area (Å²) in [6, 6.07) is 19.8. The average Bonchev–Trinajstić information content (AvgIpc) is 2.61. The van der Waals surface area contributed by atoms with Gasteiger partial charge in [0.1, 0.15) is 11.6 Å². The Bertz CT molecular complexity index is 1120. The number of anilines is 2. The molecule has 0 spiro atoms. The fraction of sp³-hybridized carbons (Fsp3) is 0. The number of hydrogen-bond acceptors (Lipinski definition) is 4. The van der Waals surface area contributed by atoms with Crippen molar-refractivity contribution in [3.05, 3.63) is 76.8 Å². The second kappa shape index (κ2) is 8.01. The Balaban J connectivity index is 0.00000210. The van der Waals surface area contributed by atoms with Crippen LogP contribution in [-0.2, 0) is 0 Å². The van der Waals surface area contributed by atoms with E-state index in [4.69, 9.17) is 23.2 Å². The fourth-order valence-electron chi connectivity index (χ4n) is 2.68. The third-order valence-electron chi connectivity index (χ3n) is 3.88. The largest absolute Gasteiger partial charge is 0.508 e. The van der Waals surface area contributed by atoms with Crippen LogP contribution in [0.4, 0.5) is 11.5 Å². The van der Waals surface area contributed by atoms with Crippen molar-refractivity contribution in [3.8, 4) is 17.1 Å². The molecule has 0 saturated heterocycles. The quantitative estimate of drug-likeness (QED) is 0.400. The van der Waals surface area contributed by atoms with Crippen LogP contribution in [0.5, 0.6) is 5.75 Å². The maximum Gasteiger partial charge on any atom is 0.163 e. The lowest BCUT2D eigenvalue weighted by Gasteiger charge is -2.12. The highest BCUT2D eigenvalue weighted by Gasteiger charge is 2.12. The van der Waals surface area contributed by atoms with Crippen LogP contribution in [-0.4, -0.2) is 15.1 Å². The number of hydrogen-bond donors (Lipinski definition) is 2. The number of phenols is 1. The molecule has 7 heteroatoms. The maximum absolute atomic E-state index is 9.70. The van der Waals surface area contributed by atoms with Gasteiger partial charge in [-0.1, -0.05) is 41.4 Å². The molecule has 2 N–H and O–H groups in total. The van der Waals surface area contributed by atoms with Gasteiger partial charge in [-0.25, -0.2) is 9.97 Å². The number of halogens is 3. The minimum absolute atomic E-state index is 0. The molecule has 0 saturated carbocycles. The van der Waals surface area contributed by atoms with Crippen molar-refractivity contribution in [3.63, 3.8) is 0 Å². The average molecular weight is 419 g/mol. The van der Waals surface area contributed by atoms with Gasteiger partial charge in [0.25, 0.3) is 0 Å². The number of nitrogens with zero attached hydrogens (tertiary/aromatic N) is 2. The molecule has 3 aromatic carbocycles. The van der Waals surface area contributed by atoms with Gasteiger partial charge in [0.2, 0.25) is 0 Å². The SMILES string of the molecule is Cl.Oc1cccc(Nc2nc(-c3ccc(Cl)cc3Cl)nc3ccccc23)c1. The Morgan fingerprint density at radius 1 is 0.852 bits per heavy atom. The number of rotatable bonds is 3. The van der Waals surface area contributed by atoms with Crippen LogP contribution in [0.25, 0.3) is 22.3 Å².